The molecule has 3 aromatic rings. The van der Waals surface area contributed by atoms with Crippen LogP contribution >= 0.6 is 11.6 Å². The van der Waals surface area contributed by atoms with Crippen LogP contribution in [-0.4, -0.2) is 38.7 Å². The van der Waals surface area contributed by atoms with Crippen molar-refractivity contribution >= 4 is 34.4 Å². The van der Waals surface area contributed by atoms with Crippen LogP contribution in [0.4, 0.5) is 5.82 Å². The second-order valence-electron chi connectivity index (χ2n) is 5.52. The molecule has 3 rings (SSSR count). The summed E-state index contributed by atoms with van der Waals surface area (Å²) in [6.07, 6.45) is 2.20. The molecule has 0 atom stereocenters. The number of rotatable bonds is 6. The van der Waals surface area contributed by atoms with Crippen LogP contribution in [0.1, 0.15) is 19.2 Å². The largest absolute Gasteiger partial charge is 0.368 e. The molecule has 2 heterocycles. The summed E-state index contributed by atoms with van der Waals surface area (Å²) in [6.45, 7) is 4.75. The molecule has 25 heavy (non-hydrogen) atoms. The third kappa shape index (κ3) is 3.88. The number of carbonyl (C=O) groups is 1. The lowest BCUT2D eigenvalue weighted by molar-refractivity contribution is -0.120. The van der Waals surface area contributed by atoms with Crippen LogP contribution in [0.15, 0.2) is 30.5 Å². The van der Waals surface area contributed by atoms with Gasteiger partial charge < -0.3 is 10.6 Å². The highest BCUT2D eigenvalue weighted by atomic mass is 35.5. The number of carbonyl (C=O) groups excluding carboxylic acids is 1. The van der Waals surface area contributed by atoms with Crippen molar-refractivity contribution in [2.75, 3.05) is 18.4 Å². The first kappa shape index (κ1) is 17.2. The van der Waals surface area contributed by atoms with Crippen molar-refractivity contribution in [2.45, 2.75) is 20.3 Å². The summed E-state index contributed by atoms with van der Waals surface area (Å²) < 4.78 is 1.74. The lowest BCUT2D eigenvalue weighted by atomic mass is 10.3. The van der Waals surface area contributed by atoms with Gasteiger partial charge in [0.1, 0.15) is 11.6 Å². The molecule has 0 aliphatic rings. The van der Waals surface area contributed by atoms with Gasteiger partial charge in [-0.25, -0.2) is 14.6 Å². The number of anilines is 1. The van der Waals surface area contributed by atoms with Gasteiger partial charge in [0.05, 0.1) is 17.3 Å². The zero-order valence-corrected chi connectivity index (χ0v) is 14.8. The number of halogens is 1. The minimum Gasteiger partial charge on any atom is -0.368 e. The molecular weight excluding hydrogens is 340 g/mol. The fourth-order valence-corrected chi connectivity index (χ4v) is 2.64. The molecule has 130 valence electrons. The highest BCUT2D eigenvalue weighted by Gasteiger charge is 2.12. The van der Waals surface area contributed by atoms with Crippen LogP contribution in [0.3, 0.4) is 0 Å². The summed E-state index contributed by atoms with van der Waals surface area (Å²) in [5, 5.41) is 11.9. The normalized spacial score (nSPS) is 10.8. The maximum Gasteiger partial charge on any atom is 0.219 e. The molecule has 0 spiro atoms. The molecule has 0 aliphatic heterocycles. The van der Waals surface area contributed by atoms with Gasteiger partial charge in [0.15, 0.2) is 5.65 Å². The Bertz CT molecular complexity index is 907. The zero-order chi connectivity index (χ0) is 17.8. The van der Waals surface area contributed by atoms with Crippen LogP contribution in [0.25, 0.3) is 16.7 Å². The van der Waals surface area contributed by atoms with Gasteiger partial charge in [-0.3, -0.25) is 4.79 Å². The van der Waals surface area contributed by atoms with Crippen molar-refractivity contribution < 1.29 is 4.79 Å². The van der Waals surface area contributed by atoms with Gasteiger partial charge in [-0.15, -0.1) is 0 Å². The molecule has 0 radical (unpaired) electrons. The predicted molar refractivity (Wildman–Crippen MR) is 98.2 cm³/mol. The smallest absolute Gasteiger partial charge is 0.219 e. The van der Waals surface area contributed by atoms with Crippen molar-refractivity contribution in [3.05, 3.63) is 41.3 Å². The van der Waals surface area contributed by atoms with E-state index in [-0.39, 0.29) is 5.91 Å². The third-order valence-electron chi connectivity index (χ3n) is 3.65. The quantitative estimate of drug-likeness (QED) is 0.662. The van der Waals surface area contributed by atoms with Crippen molar-refractivity contribution in [1.29, 1.82) is 0 Å². The molecule has 0 bridgehead atoms. The van der Waals surface area contributed by atoms with Crippen molar-refractivity contribution in [3.63, 3.8) is 0 Å². The van der Waals surface area contributed by atoms with Gasteiger partial charge in [0.2, 0.25) is 5.91 Å². The number of aromatic nitrogens is 4. The Kier molecular flexibility index (Phi) is 5.14. The predicted octanol–water partition coefficient (Wildman–Crippen LogP) is 2.72. The molecule has 0 saturated carbocycles. The Hall–Kier alpha value is -2.67. The number of benzene rings is 1. The fraction of sp³-hybridized carbons (Fsp3) is 0.294. The van der Waals surface area contributed by atoms with E-state index in [4.69, 9.17) is 11.6 Å². The highest BCUT2D eigenvalue weighted by molar-refractivity contribution is 6.30. The van der Waals surface area contributed by atoms with Crippen molar-refractivity contribution in [3.8, 4) is 5.69 Å². The van der Waals surface area contributed by atoms with E-state index in [0.29, 0.717) is 41.8 Å². The van der Waals surface area contributed by atoms with Crippen LogP contribution < -0.4 is 10.6 Å². The van der Waals surface area contributed by atoms with Crippen LogP contribution in [0, 0.1) is 6.92 Å². The molecule has 7 nitrogen and oxygen atoms in total. The summed E-state index contributed by atoms with van der Waals surface area (Å²) in [7, 11) is 0. The van der Waals surface area contributed by atoms with Crippen LogP contribution in [0.2, 0.25) is 5.02 Å². The Morgan fingerprint density at radius 3 is 2.88 bits per heavy atom. The molecule has 0 aliphatic carbocycles. The topological polar surface area (TPSA) is 84.7 Å². The number of hydrogen-bond acceptors (Lipinski definition) is 5. The SMILES string of the molecule is CCC(=O)NCCNc1nc(C)nc2c1cnn2-c1cccc(Cl)c1. The van der Waals surface area contributed by atoms with E-state index in [1.807, 2.05) is 38.1 Å². The summed E-state index contributed by atoms with van der Waals surface area (Å²) in [4.78, 5) is 20.2. The van der Waals surface area contributed by atoms with E-state index in [0.717, 1.165) is 11.1 Å². The lowest BCUT2D eigenvalue weighted by Gasteiger charge is -2.09. The van der Waals surface area contributed by atoms with Gasteiger partial charge >= 0.3 is 0 Å². The van der Waals surface area contributed by atoms with Gasteiger partial charge in [0, 0.05) is 24.5 Å². The van der Waals surface area contributed by atoms with Crippen LogP contribution in [0.5, 0.6) is 0 Å². The van der Waals surface area contributed by atoms with Gasteiger partial charge in [-0.05, 0) is 25.1 Å². The fourth-order valence-electron chi connectivity index (χ4n) is 2.46. The van der Waals surface area contributed by atoms with Crippen LogP contribution in [-0.2, 0) is 4.79 Å². The number of amides is 1. The first-order valence-electron chi connectivity index (χ1n) is 8.07. The number of aryl methyl sites for hydroxylation is 1. The van der Waals surface area contributed by atoms with E-state index in [1.54, 1.807) is 10.9 Å². The van der Waals surface area contributed by atoms with Gasteiger partial charge in [-0.1, -0.05) is 24.6 Å². The zero-order valence-electron chi connectivity index (χ0n) is 14.1. The number of hydrogen-bond donors (Lipinski definition) is 2. The lowest BCUT2D eigenvalue weighted by Crippen LogP contribution is -2.28. The number of nitrogens with zero attached hydrogens (tertiary/aromatic N) is 4. The maximum atomic E-state index is 11.3. The summed E-state index contributed by atoms with van der Waals surface area (Å²) >= 11 is 6.08. The van der Waals surface area contributed by atoms with Gasteiger partial charge in [0.25, 0.3) is 0 Å². The Morgan fingerprint density at radius 1 is 1.28 bits per heavy atom. The summed E-state index contributed by atoms with van der Waals surface area (Å²) in [6, 6.07) is 7.44. The average Bonchev–Trinajstić information content (AvgIpc) is 3.02. The first-order valence-corrected chi connectivity index (χ1v) is 8.45. The van der Waals surface area contributed by atoms with E-state index in [1.165, 1.54) is 0 Å². The van der Waals surface area contributed by atoms with Crippen molar-refractivity contribution in [2.24, 2.45) is 0 Å². The summed E-state index contributed by atoms with van der Waals surface area (Å²) in [5.74, 6) is 1.36. The number of fused-ring (bicyclic) bond motifs is 1. The minimum absolute atomic E-state index is 0.0274. The van der Waals surface area contributed by atoms with E-state index < -0.39 is 0 Å². The Balaban J connectivity index is 1.87. The first-order chi connectivity index (χ1) is 12.1. The molecule has 2 aromatic heterocycles. The molecule has 2 N–H and O–H groups in total. The average molecular weight is 359 g/mol. The second-order valence-corrected chi connectivity index (χ2v) is 5.96. The molecule has 8 heteroatoms. The van der Waals surface area contributed by atoms with Gasteiger partial charge in [-0.2, -0.15) is 5.10 Å². The molecule has 0 fully saturated rings. The Labute approximate surface area is 150 Å². The second kappa shape index (κ2) is 7.48. The third-order valence-corrected chi connectivity index (χ3v) is 3.89. The number of nitrogens with one attached hydrogen (secondary N) is 2. The highest BCUT2D eigenvalue weighted by Crippen LogP contribution is 2.23. The standard InChI is InChI=1S/C17H19ClN6O/c1-3-15(25)19-7-8-20-16-14-10-21-24(17(14)23-11(2)22-16)13-6-4-5-12(18)9-13/h4-6,9-10H,3,7-8H2,1-2H3,(H,19,25)(H,20,22,23). The van der Waals surface area contributed by atoms with E-state index in [9.17, 15) is 4.79 Å². The van der Waals surface area contributed by atoms with E-state index >= 15 is 0 Å². The molecule has 0 saturated heterocycles. The molecule has 1 aromatic carbocycles. The minimum atomic E-state index is 0.0274. The maximum absolute atomic E-state index is 11.3. The van der Waals surface area contributed by atoms with E-state index in [2.05, 4.69) is 25.7 Å². The molecule has 1 amide bonds. The molecule has 0 unspecified atom stereocenters. The Morgan fingerprint density at radius 2 is 2.12 bits per heavy atom. The monoisotopic (exact) mass is 358 g/mol. The summed E-state index contributed by atoms with van der Waals surface area (Å²) in [5.41, 5.74) is 1.54. The van der Waals surface area contributed by atoms with Crippen molar-refractivity contribution in [1.82, 2.24) is 25.1 Å². The molecular formula is C17H19ClN6O.